The number of nitrogens with zero attached hydrogens (tertiary/aromatic N) is 1. The fraction of sp³-hybridized carbons (Fsp3) is 0. The molecule has 0 aliphatic heterocycles. The van der Waals surface area contributed by atoms with Crippen LogP contribution in [0, 0.1) is 0 Å². The van der Waals surface area contributed by atoms with Gasteiger partial charge in [0.25, 0.3) is 0 Å². The maximum atomic E-state index is 5.08. The first-order chi connectivity index (χ1) is 4.88. The largest absolute Gasteiger partial charge is 1.00 e. The molecule has 0 N–H and O–H groups in total. The first kappa shape index (κ1) is 9.42. The van der Waals surface area contributed by atoms with E-state index in [1.165, 1.54) is 0 Å². The van der Waals surface area contributed by atoms with Crippen LogP contribution in [0.15, 0.2) is 28.6 Å². The smallest absolute Gasteiger partial charge is 0.778 e. The molecule has 0 aliphatic rings. The molecule has 1 aromatic heterocycles. The van der Waals surface area contributed by atoms with Gasteiger partial charge in [0.15, 0.2) is 0 Å². The van der Waals surface area contributed by atoms with E-state index >= 15 is 0 Å². The molecule has 0 atom stereocenters. The maximum Gasteiger partial charge on any atom is 1.00 e. The van der Waals surface area contributed by atoms with Crippen LogP contribution in [0.3, 0.4) is 0 Å². The molecule has 0 aliphatic carbocycles. The summed E-state index contributed by atoms with van der Waals surface area (Å²) in [7, 11) is 0. The minimum Gasteiger partial charge on any atom is -0.778 e. The van der Waals surface area contributed by atoms with Crippen molar-refractivity contribution in [3.05, 3.63) is 23.7 Å². The molecule has 0 saturated heterocycles. The Labute approximate surface area is 96.5 Å². The third-order valence-electron chi connectivity index (χ3n) is 1.32. The number of rotatable bonds is 0. The van der Waals surface area contributed by atoms with Gasteiger partial charge in [-0.1, -0.05) is 12.1 Å². The molecule has 1 heterocycles. The van der Waals surface area contributed by atoms with Gasteiger partial charge in [0.05, 0.1) is 11.0 Å². The van der Waals surface area contributed by atoms with Crippen molar-refractivity contribution in [1.82, 2.24) is 4.98 Å². The Kier molecular flexibility index (Phi) is 3.28. The molecule has 0 unspecified atom stereocenters. The van der Waals surface area contributed by atoms with Crippen LogP contribution in [0.1, 0.15) is 0 Å². The van der Waals surface area contributed by atoms with Gasteiger partial charge in [0.2, 0.25) is 0 Å². The molecule has 0 radical (unpaired) electrons. The van der Waals surface area contributed by atoms with E-state index < -0.39 is 0 Å². The predicted molar refractivity (Wildman–Crippen MR) is 45.3 cm³/mol. The first-order valence-electron chi connectivity index (χ1n) is 2.87. The summed E-state index contributed by atoms with van der Waals surface area (Å²) in [6.45, 7) is 0. The third-order valence-corrected chi connectivity index (χ3v) is 2.67. The fourth-order valence-electron chi connectivity index (χ4n) is 0.860. The molecule has 0 spiro atoms. The van der Waals surface area contributed by atoms with Crippen molar-refractivity contribution in [2.24, 2.45) is 0 Å². The van der Waals surface area contributed by atoms with Crippen LogP contribution in [0.2, 0.25) is 0 Å². The summed E-state index contributed by atoms with van der Waals surface area (Å²) in [6, 6.07) is 5.84. The quantitative estimate of drug-likeness (QED) is 0.398. The van der Waals surface area contributed by atoms with Gasteiger partial charge in [-0.3, -0.25) is 0 Å². The Morgan fingerprint density at radius 3 is 2.91 bits per heavy atom. The van der Waals surface area contributed by atoms with Crippen molar-refractivity contribution in [2.75, 3.05) is 0 Å². The topological polar surface area (TPSA) is 12.9 Å². The normalized spacial score (nSPS) is 9.45. The molecule has 0 bridgehead atoms. The van der Waals surface area contributed by atoms with Crippen molar-refractivity contribution < 1.29 is 29.6 Å². The second-order valence-corrected chi connectivity index (χ2v) is 3.25. The van der Waals surface area contributed by atoms with Crippen molar-refractivity contribution >= 4 is 34.2 Å². The first-order valence-corrected chi connectivity index (χ1v) is 4.16. The Morgan fingerprint density at radius 2 is 2.18 bits per heavy atom. The van der Waals surface area contributed by atoms with Gasteiger partial charge in [0, 0.05) is 4.70 Å². The molecule has 2 aromatic rings. The van der Waals surface area contributed by atoms with Crippen molar-refractivity contribution in [2.45, 2.75) is 4.90 Å². The minimum atomic E-state index is 0. The summed E-state index contributed by atoms with van der Waals surface area (Å²) >= 11 is 6.68. The molecular weight excluding hydrogens is 185 g/mol. The summed E-state index contributed by atoms with van der Waals surface area (Å²) in [6.07, 6.45) is 0. The molecule has 0 fully saturated rings. The van der Waals surface area contributed by atoms with Gasteiger partial charge in [-0.25, -0.2) is 4.98 Å². The third kappa shape index (κ3) is 1.73. The summed E-state index contributed by atoms with van der Waals surface area (Å²) in [4.78, 5) is 5.03. The van der Waals surface area contributed by atoms with E-state index in [1.54, 1.807) is 11.3 Å². The van der Waals surface area contributed by atoms with Gasteiger partial charge >= 0.3 is 29.6 Å². The molecule has 4 heteroatoms. The van der Waals surface area contributed by atoms with E-state index in [0.717, 1.165) is 15.1 Å². The van der Waals surface area contributed by atoms with E-state index in [0.29, 0.717) is 0 Å². The van der Waals surface area contributed by atoms with E-state index in [-0.39, 0.29) is 29.6 Å². The van der Waals surface area contributed by atoms with E-state index in [4.69, 9.17) is 12.6 Å². The van der Waals surface area contributed by atoms with Crippen LogP contribution < -0.4 is 29.6 Å². The zero-order valence-corrected chi connectivity index (χ0v) is 9.71. The maximum absolute atomic E-state index is 5.08. The second kappa shape index (κ2) is 3.83. The van der Waals surface area contributed by atoms with Gasteiger partial charge in [-0.2, -0.15) is 4.90 Å². The number of benzene rings is 1. The number of hydrogen-bond acceptors (Lipinski definition) is 3. The van der Waals surface area contributed by atoms with Crippen molar-refractivity contribution in [3.8, 4) is 0 Å². The van der Waals surface area contributed by atoms with E-state index in [1.807, 2.05) is 23.7 Å². The number of thiazole rings is 1. The molecule has 50 valence electrons. The molecule has 0 saturated carbocycles. The van der Waals surface area contributed by atoms with Gasteiger partial charge in [-0.05, 0) is 6.07 Å². The van der Waals surface area contributed by atoms with E-state index in [9.17, 15) is 0 Å². The minimum absolute atomic E-state index is 0. The van der Waals surface area contributed by atoms with Crippen LogP contribution >= 0.6 is 11.3 Å². The molecule has 1 nitrogen and oxygen atoms in total. The van der Waals surface area contributed by atoms with Crippen LogP contribution in [-0.2, 0) is 12.6 Å². The van der Waals surface area contributed by atoms with Crippen molar-refractivity contribution in [3.63, 3.8) is 0 Å². The second-order valence-electron chi connectivity index (χ2n) is 1.96. The zero-order chi connectivity index (χ0) is 6.97. The van der Waals surface area contributed by atoms with Crippen LogP contribution in [-0.4, -0.2) is 4.98 Å². The van der Waals surface area contributed by atoms with Gasteiger partial charge < -0.3 is 12.6 Å². The summed E-state index contributed by atoms with van der Waals surface area (Å²) < 4.78 is 1.12. The summed E-state index contributed by atoms with van der Waals surface area (Å²) in [5.41, 5.74) is 2.83. The molecule has 11 heavy (non-hydrogen) atoms. The van der Waals surface area contributed by atoms with Gasteiger partial charge in [-0.15, -0.1) is 11.3 Å². The molecule has 2 rings (SSSR count). The predicted octanol–water partition coefficient (Wildman–Crippen LogP) is -0.794. The molecule has 1 aromatic carbocycles. The Hall–Kier alpha value is 0.330. The zero-order valence-electron chi connectivity index (χ0n) is 6.07. The Morgan fingerprint density at radius 1 is 1.36 bits per heavy atom. The van der Waals surface area contributed by atoms with Crippen molar-refractivity contribution in [1.29, 1.82) is 0 Å². The Bertz CT molecular complexity index is 358. The van der Waals surface area contributed by atoms with Crippen LogP contribution in [0.5, 0.6) is 0 Å². The number of fused-ring (bicyclic) bond motifs is 1. The van der Waals surface area contributed by atoms with E-state index in [2.05, 4.69) is 4.98 Å². The number of hydrogen-bond donors (Lipinski definition) is 0. The molecular formula is C7H4NNaS2. The van der Waals surface area contributed by atoms with Crippen LogP contribution in [0.4, 0.5) is 0 Å². The van der Waals surface area contributed by atoms with Gasteiger partial charge in [0.1, 0.15) is 0 Å². The number of aromatic nitrogens is 1. The molecule has 0 amide bonds. The monoisotopic (exact) mass is 189 g/mol. The average Bonchev–Trinajstić information content (AvgIpc) is 2.36. The van der Waals surface area contributed by atoms with Crippen LogP contribution in [0.25, 0.3) is 10.2 Å². The SMILES string of the molecule is [Na+].[S-]c1cccc2ncsc12. The summed E-state index contributed by atoms with van der Waals surface area (Å²) in [5, 5.41) is 0. The summed E-state index contributed by atoms with van der Waals surface area (Å²) in [5.74, 6) is 0. The fourth-order valence-corrected chi connectivity index (χ4v) is 1.89. The Balaban J connectivity index is 0.000000605. The standard InChI is InChI=1S/C7H5NS2.Na/c9-6-3-1-2-5-7(6)10-4-8-5;/h1-4,9H;/q;+1/p-1. The average molecular weight is 189 g/mol.